The number of H-pyrrole nitrogens is 1. The first-order valence-electron chi connectivity index (χ1n) is 28.9. The summed E-state index contributed by atoms with van der Waals surface area (Å²) in [5, 5.41) is 64.3. The molecule has 7 unspecified atom stereocenters. The molecule has 539 valence electrons. The number of fused-ring (bicyclic) bond motifs is 1. The summed E-state index contributed by atoms with van der Waals surface area (Å²) < 4.78 is 83.7. The number of carbonyl (C=O) groups excluding carboxylic acids is 2. The molecule has 0 aromatic carbocycles. The predicted molar refractivity (Wildman–Crippen MR) is 323 cm³/mol. The van der Waals surface area contributed by atoms with Crippen LogP contribution in [0.5, 0.6) is 0 Å². The smallest absolute Gasteiger partial charge is 0.330 e. The molecular formula is C56H88AcN8O24P2UW4-2. The van der Waals surface area contributed by atoms with Crippen LogP contribution in [0.4, 0.5) is 0 Å². The Morgan fingerprint density at radius 3 is 2.09 bits per heavy atom. The summed E-state index contributed by atoms with van der Waals surface area (Å²) in [6.07, 6.45) is 12.8. The fourth-order valence-corrected chi connectivity index (χ4v) is 9.99. The number of rotatable bonds is 30. The fourth-order valence-electron chi connectivity index (χ4n) is 8.59. The molecule has 2 amide bonds. The van der Waals surface area contributed by atoms with Gasteiger partial charge in [-0.15, -0.1) is 0 Å². The van der Waals surface area contributed by atoms with E-state index in [2.05, 4.69) is 43.3 Å². The van der Waals surface area contributed by atoms with Crippen LogP contribution >= 0.6 is 15.4 Å². The molecule has 0 spiro atoms. The number of hydrogen-bond acceptors (Lipinski definition) is 27. The van der Waals surface area contributed by atoms with Gasteiger partial charge in [-0.3, -0.25) is 33.5 Å². The van der Waals surface area contributed by atoms with Gasteiger partial charge in [0.25, 0.3) is 19.3 Å². The van der Waals surface area contributed by atoms with Crippen LogP contribution in [-0.4, -0.2) is 227 Å². The minimum atomic E-state index is -4.80. The molecule has 96 heavy (non-hydrogen) atoms. The van der Waals surface area contributed by atoms with Crippen molar-refractivity contribution in [2.75, 3.05) is 72.6 Å². The molecule has 7 heterocycles. The molecule has 1 aromatic rings. The van der Waals surface area contributed by atoms with Crippen molar-refractivity contribution in [3.63, 3.8) is 0 Å². The minimum Gasteiger partial charge on any atom is -0.779 e. The van der Waals surface area contributed by atoms with Gasteiger partial charge in [0.1, 0.15) is 56.2 Å². The number of phosphoric ester groups is 1. The zero-order chi connectivity index (χ0) is 66.4. The number of aliphatic hydroxyl groups is 6. The number of nitrogens with zero attached hydrogens (tertiary/aromatic N) is 4. The summed E-state index contributed by atoms with van der Waals surface area (Å²) in [4.78, 5) is 80.6. The van der Waals surface area contributed by atoms with Gasteiger partial charge in [0.2, 0.25) is 5.91 Å². The number of aliphatic imine (C=N–C) groups is 2. The zero-order valence-corrected chi connectivity index (χ0v) is 75.9. The maximum atomic E-state index is 12.1. The molecule has 13 N–H and O–H groups in total. The summed E-state index contributed by atoms with van der Waals surface area (Å²) in [5.74, 6) is 0.00454. The normalized spacial score (nSPS) is 29.0. The van der Waals surface area contributed by atoms with E-state index in [1.54, 1.807) is 42.2 Å². The standard InChI is InChI=1S/C17H24N4O5.C16H26O9P.C15H20N2O6.C8H16NO4P.Ac.H3N.U.4W/c1-3-4-5-6-7-25-8-11-13(22)14(23)17(26-11)21-9-18-12-15(21)19-10(2)20-16(12)24;1-2-3-4-5-7-21-15-10-23-13(9-17)16(15)25-26(19,20)24-11-14-12(18)6-8-22-14;1-2-3-4-5-8-22-13-12(20)10(9-18)23-14(13)17-7-6-11(19)16-15(17)21;1-3-8(10)9-6-4-5-7-13-14(2,11)12;;;;;;;/h3-5,9,11-15,17,22-23H,1,6-8H2,2H3,(H,19,20,24);2-5,10,12-18H,6-9,11H2,1H3,(H,19,20);2-7,10,12-14,18,20H,8-9H2,1H3,(H,16,19,21);3H,1,4-7H2,2H3,(H,9,10)(H,11,12);;1H3;;;;;/q;-1;;;;;;;;;/p-1/b5-4+;2*3-2+,5-4+;;;;;;;;/t11-,12?,13+,14?,15?,17-;12-,13-,14-,15?,16+;10-,12+,13?,14-;;;;;;;;/m111......../s1/i;8T;;;;;;;;;/t;8-,12+,13+,14+,15?,16-;;;;;;;;;/m.0.......... The molecule has 7 rings (SSSR count). The number of aliphatic hydroxyl groups excluding tert-OH is 6. The van der Waals surface area contributed by atoms with E-state index in [-0.39, 0.29) is 210 Å². The molecule has 40 heteroatoms. The molecule has 6 aliphatic rings. The van der Waals surface area contributed by atoms with E-state index in [1.807, 2.05) is 50.3 Å². The maximum Gasteiger partial charge on any atom is 0.330 e. The number of nitrogens with one attached hydrogen (secondary N) is 3. The van der Waals surface area contributed by atoms with E-state index in [0.717, 1.165) is 11.2 Å². The Morgan fingerprint density at radius 2 is 1.51 bits per heavy atom. The summed E-state index contributed by atoms with van der Waals surface area (Å²) in [6, 6.07) is 0.491. The number of aromatic amines is 1. The number of unbranched alkanes of at least 4 members (excludes halogenated alkanes) is 1. The van der Waals surface area contributed by atoms with Gasteiger partial charge in [-0.1, -0.05) is 80.0 Å². The van der Waals surface area contributed by atoms with Crippen molar-refractivity contribution in [1.82, 2.24) is 31.2 Å². The first kappa shape index (κ1) is 100. The molecule has 0 saturated carbocycles. The quantitative estimate of drug-likeness (QED) is 0.0148. The van der Waals surface area contributed by atoms with Gasteiger partial charge in [0.05, 0.1) is 78.9 Å². The van der Waals surface area contributed by atoms with Crippen LogP contribution in [0.25, 0.3) is 0 Å². The average molecular weight is 2520 g/mol. The number of hydrogen-bond donors (Lipinski definition) is 10. The van der Waals surface area contributed by atoms with E-state index in [9.17, 15) is 68.7 Å². The van der Waals surface area contributed by atoms with Crippen molar-refractivity contribution in [1.29, 1.82) is 0 Å². The topological polar surface area (TPSA) is 471 Å². The molecule has 0 bridgehead atoms. The summed E-state index contributed by atoms with van der Waals surface area (Å²) in [5.41, 5.74) is -1.21. The number of amides is 2. The first-order valence-corrected chi connectivity index (χ1v) is 31.8. The Balaban J connectivity index is -0.000000593. The van der Waals surface area contributed by atoms with Gasteiger partial charge in [-0.05, 0) is 58.6 Å². The van der Waals surface area contributed by atoms with Crippen molar-refractivity contribution >= 4 is 39.4 Å². The van der Waals surface area contributed by atoms with Gasteiger partial charge in [0, 0.05) is 191 Å². The van der Waals surface area contributed by atoms with Crippen LogP contribution in [0.1, 0.15) is 54.1 Å². The van der Waals surface area contributed by atoms with Crippen molar-refractivity contribution in [2.24, 2.45) is 9.98 Å². The summed E-state index contributed by atoms with van der Waals surface area (Å²) in [7, 11) is -8.39. The number of allylic oxidation sites excluding steroid dienone is 8. The van der Waals surface area contributed by atoms with Crippen LogP contribution in [0, 0.1) is 81.8 Å². The SMILES string of the molecule is C/C=C/C=C/COC1[C@@H](O)[C@@H](CO)O[C@H]1n1ccc(=O)[nH]c1=O.C=C/C=C/CCOC[C@H]1O[C@@H](N2C=NC3C(=O)NC(C)=NC32)C(O)[C@H]1O.C=CC(=O)NCCCCOP(C)(=O)[O-].[3H][C@H]1C[C@@H](O)[C@@H](COP(=O)([O-])O[C@@H]2C(OC/C=C/C=C/C)[CH-]O[C@@H]2CO)O1.[Ac].[NH4+].[U].[W].[W].[W].[W]. The van der Waals surface area contributed by atoms with E-state index in [4.69, 9.17) is 43.6 Å². The molecule has 1 radical (unpaired) electrons. The Morgan fingerprint density at radius 1 is 0.865 bits per heavy atom. The number of quaternary nitrogens is 1. The fraction of sp³-hybridized carbons (Fsp3) is 0.589. The van der Waals surface area contributed by atoms with Crippen LogP contribution < -0.4 is 37.8 Å². The van der Waals surface area contributed by atoms with E-state index < -0.39 is 145 Å². The number of phosphoric acid groups is 1. The van der Waals surface area contributed by atoms with Crippen molar-refractivity contribution < 1.29 is 267 Å². The number of amidine groups is 1. The van der Waals surface area contributed by atoms with Crippen LogP contribution in [0.15, 0.2) is 118 Å². The van der Waals surface area contributed by atoms with Crippen LogP contribution in [0.2, 0.25) is 0 Å². The second-order valence-corrected chi connectivity index (χ2v) is 23.0. The number of carbonyl (C=O) groups is 2. The third-order valence-electron chi connectivity index (χ3n) is 13.1. The molecule has 1 aromatic heterocycles. The minimum absolute atomic E-state index is 0. The maximum absolute atomic E-state index is 12.1. The molecule has 32 nitrogen and oxygen atoms in total. The van der Waals surface area contributed by atoms with E-state index >= 15 is 0 Å². The van der Waals surface area contributed by atoms with Crippen molar-refractivity contribution in [3.8, 4) is 0 Å². The molecule has 4 saturated heterocycles. The van der Waals surface area contributed by atoms with Crippen molar-refractivity contribution in [2.45, 2.75) is 138 Å². The van der Waals surface area contributed by atoms with Gasteiger partial charge in [0.15, 0.2) is 24.7 Å². The molecule has 0 aliphatic carbocycles. The number of aromatic nitrogens is 2. The second kappa shape index (κ2) is 55.4. The average Bonchev–Trinajstić information content (AvgIpc) is 1.64. The Labute approximate surface area is 676 Å². The largest absolute Gasteiger partial charge is 0.779 e. The Kier molecular flexibility index (Phi) is 57.7. The third kappa shape index (κ3) is 36.1. The van der Waals surface area contributed by atoms with Gasteiger partial charge < -0.3 is 113 Å². The number of ether oxygens (including phenoxy) is 7. The van der Waals surface area contributed by atoms with Crippen LogP contribution in [0.3, 0.4) is 0 Å². The molecule has 6 aliphatic heterocycles. The second-order valence-electron chi connectivity index (χ2n) is 19.9. The van der Waals surface area contributed by atoms with Gasteiger partial charge >= 0.3 is 5.69 Å². The first-order chi connectivity index (χ1) is 42.9. The van der Waals surface area contributed by atoms with E-state index in [0.29, 0.717) is 38.2 Å². The molecule has 18 atom stereocenters. The van der Waals surface area contributed by atoms with Gasteiger partial charge in [-0.25, -0.2) is 9.79 Å². The molecular weight excluding hydrogens is 2430 g/mol. The van der Waals surface area contributed by atoms with E-state index in [1.165, 1.54) is 31.3 Å². The van der Waals surface area contributed by atoms with Gasteiger partial charge in [-0.2, -0.15) is 6.61 Å². The van der Waals surface area contributed by atoms with Crippen LogP contribution in [-0.2, 0) is 150 Å². The summed E-state index contributed by atoms with van der Waals surface area (Å²) in [6.45, 7) is 14.0. The Hall–Kier alpha value is -0.113. The zero-order valence-electron chi connectivity index (χ0n) is 54.5. The predicted octanol–water partition coefficient (Wildman–Crippen LogP) is -0.815. The third-order valence-corrected chi connectivity index (χ3v) is 14.7. The Bertz CT molecular complexity index is 2880. The summed E-state index contributed by atoms with van der Waals surface area (Å²) >= 11 is 0. The monoisotopic (exact) mass is 2520 g/mol. The molecule has 4 fully saturated rings. The van der Waals surface area contributed by atoms with Crippen molar-refractivity contribution in [3.05, 3.63) is 126 Å².